The number of phenols is 2. The van der Waals surface area contributed by atoms with Crippen molar-refractivity contribution in [1.82, 2.24) is 0 Å². The lowest BCUT2D eigenvalue weighted by Gasteiger charge is -1.97. The minimum atomic E-state index is 0.0389. The molecule has 1 aromatic carbocycles. The van der Waals surface area contributed by atoms with E-state index in [4.69, 9.17) is 16.1 Å². The van der Waals surface area contributed by atoms with Crippen molar-refractivity contribution in [2.75, 3.05) is 0 Å². The predicted octanol–water partition coefficient (Wildman–Crippen LogP) is 0.390. The van der Waals surface area contributed by atoms with Gasteiger partial charge in [0.05, 0.1) is 6.21 Å². The normalized spacial score (nSPS) is 10.5. The Morgan fingerprint density at radius 1 is 1.36 bits per heavy atom. The van der Waals surface area contributed by atoms with Gasteiger partial charge in [-0.15, -0.1) is 0 Å². The van der Waals surface area contributed by atoms with Gasteiger partial charge in [0.25, 0.3) is 0 Å². The molecule has 0 aliphatic heterocycles. The van der Waals surface area contributed by atoms with Crippen LogP contribution in [-0.4, -0.2) is 16.4 Å². The van der Waals surface area contributed by atoms with Crippen LogP contribution in [0.15, 0.2) is 23.3 Å². The van der Waals surface area contributed by atoms with E-state index in [2.05, 4.69) is 5.10 Å². The Hall–Kier alpha value is -1.71. The predicted molar refractivity (Wildman–Crippen MR) is 41.6 cm³/mol. The largest absolute Gasteiger partial charge is 0.508 e. The smallest absolute Gasteiger partial charge is 0.124 e. The second-order valence-corrected chi connectivity index (χ2v) is 2.02. The summed E-state index contributed by atoms with van der Waals surface area (Å²) in [5, 5.41) is 21.3. The minimum absolute atomic E-state index is 0.0389. The van der Waals surface area contributed by atoms with Gasteiger partial charge < -0.3 is 16.1 Å². The lowest BCUT2D eigenvalue weighted by atomic mass is 10.2. The molecule has 11 heavy (non-hydrogen) atoms. The number of nitrogens with two attached hydrogens (primary N) is 1. The summed E-state index contributed by atoms with van der Waals surface area (Å²) >= 11 is 0. The summed E-state index contributed by atoms with van der Waals surface area (Å²) < 4.78 is 0. The molecule has 0 aliphatic rings. The molecule has 4 nitrogen and oxygen atoms in total. The molecule has 0 amide bonds. The molecule has 0 spiro atoms. The zero-order valence-electron chi connectivity index (χ0n) is 5.73. The lowest BCUT2D eigenvalue weighted by molar-refractivity contribution is 0.459. The first-order valence-electron chi connectivity index (χ1n) is 2.99. The maximum Gasteiger partial charge on any atom is 0.124 e. The molecule has 0 fully saturated rings. The van der Waals surface area contributed by atoms with Crippen LogP contribution in [0.2, 0.25) is 0 Å². The second kappa shape index (κ2) is 2.92. The Bertz CT molecular complexity index is 284. The van der Waals surface area contributed by atoms with E-state index in [-0.39, 0.29) is 11.5 Å². The van der Waals surface area contributed by atoms with Crippen LogP contribution in [0, 0.1) is 0 Å². The third-order valence-electron chi connectivity index (χ3n) is 1.22. The number of benzene rings is 1. The maximum absolute atomic E-state index is 9.11. The van der Waals surface area contributed by atoms with Crippen molar-refractivity contribution in [3.8, 4) is 11.5 Å². The molecule has 58 valence electrons. The van der Waals surface area contributed by atoms with Crippen molar-refractivity contribution in [2.24, 2.45) is 10.9 Å². The molecule has 0 atom stereocenters. The number of rotatable bonds is 1. The Morgan fingerprint density at radius 3 is 2.73 bits per heavy atom. The van der Waals surface area contributed by atoms with Crippen molar-refractivity contribution in [2.45, 2.75) is 0 Å². The Labute approximate surface area is 63.6 Å². The Kier molecular flexibility index (Phi) is 1.96. The number of phenolic OH excluding ortho intramolecular Hbond substituents is 2. The van der Waals surface area contributed by atoms with Gasteiger partial charge >= 0.3 is 0 Å². The first-order valence-corrected chi connectivity index (χ1v) is 2.99. The van der Waals surface area contributed by atoms with E-state index in [0.717, 1.165) is 0 Å². The van der Waals surface area contributed by atoms with Crippen LogP contribution in [0.1, 0.15) is 5.56 Å². The van der Waals surface area contributed by atoms with Crippen molar-refractivity contribution in [3.05, 3.63) is 23.8 Å². The standard InChI is InChI=1S/C7H8N2O2/c8-9-4-5-3-6(10)1-2-7(5)11/h1-4,10-11H,8H2. The highest BCUT2D eigenvalue weighted by molar-refractivity contribution is 5.83. The highest BCUT2D eigenvalue weighted by atomic mass is 16.3. The topological polar surface area (TPSA) is 78.8 Å². The minimum Gasteiger partial charge on any atom is -0.508 e. The second-order valence-electron chi connectivity index (χ2n) is 2.02. The average Bonchev–Trinajstić information content (AvgIpc) is 1.98. The molecular formula is C7H8N2O2. The van der Waals surface area contributed by atoms with E-state index < -0.39 is 0 Å². The molecule has 0 saturated carbocycles. The van der Waals surface area contributed by atoms with Gasteiger partial charge in [0, 0.05) is 5.56 Å². The number of hydrogen-bond acceptors (Lipinski definition) is 4. The van der Waals surface area contributed by atoms with Crippen molar-refractivity contribution < 1.29 is 10.2 Å². The van der Waals surface area contributed by atoms with E-state index in [1.54, 1.807) is 0 Å². The van der Waals surface area contributed by atoms with Gasteiger partial charge in [-0.25, -0.2) is 0 Å². The zero-order valence-corrected chi connectivity index (χ0v) is 5.73. The Morgan fingerprint density at radius 2 is 2.09 bits per heavy atom. The molecule has 0 aliphatic carbocycles. The number of hydrogen-bond donors (Lipinski definition) is 3. The van der Waals surface area contributed by atoms with E-state index in [9.17, 15) is 0 Å². The van der Waals surface area contributed by atoms with Crippen LogP contribution in [0.5, 0.6) is 11.5 Å². The molecule has 1 rings (SSSR count). The summed E-state index contributed by atoms with van der Waals surface area (Å²) in [7, 11) is 0. The van der Waals surface area contributed by atoms with Crippen LogP contribution >= 0.6 is 0 Å². The molecule has 0 bridgehead atoms. The van der Waals surface area contributed by atoms with E-state index >= 15 is 0 Å². The fourth-order valence-electron chi connectivity index (χ4n) is 0.726. The monoisotopic (exact) mass is 152 g/mol. The van der Waals surface area contributed by atoms with Gasteiger partial charge in [-0.1, -0.05) is 0 Å². The molecular weight excluding hydrogens is 144 g/mol. The summed E-state index contributed by atoms with van der Waals surface area (Å²) in [6.45, 7) is 0. The van der Waals surface area contributed by atoms with Gasteiger partial charge in [0.2, 0.25) is 0 Å². The number of aromatic hydroxyl groups is 2. The molecule has 0 saturated heterocycles. The van der Waals surface area contributed by atoms with E-state index in [1.807, 2.05) is 0 Å². The summed E-state index contributed by atoms with van der Waals surface area (Å²) in [6, 6.07) is 4.11. The van der Waals surface area contributed by atoms with Crippen LogP contribution in [0.25, 0.3) is 0 Å². The molecule has 4 heteroatoms. The summed E-state index contributed by atoms with van der Waals surface area (Å²) in [6.07, 6.45) is 1.26. The van der Waals surface area contributed by atoms with Crippen molar-refractivity contribution in [3.63, 3.8) is 0 Å². The quantitative estimate of drug-likeness (QED) is 0.236. The first-order chi connectivity index (χ1) is 5.24. The van der Waals surface area contributed by atoms with Crippen LogP contribution in [0.4, 0.5) is 0 Å². The lowest BCUT2D eigenvalue weighted by Crippen LogP contribution is -1.86. The number of hydrazone groups is 1. The number of nitrogens with zero attached hydrogens (tertiary/aromatic N) is 1. The van der Waals surface area contributed by atoms with Crippen LogP contribution in [-0.2, 0) is 0 Å². The highest BCUT2D eigenvalue weighted by Crippen LogP contribution is 2.19. The van der Waals surface area contributed by atoms with Gasteiger partial charge in [-0.05, 0) is 18.2 Å². The van der Waals surface area contributed by atoms with Gasteiger partial charge in [-0.2, -0.15) is 5.10 Å². The third-order valence-corrected chi connectivity index (χ3v) is 1.22. The van der Waals surface area contributed by atoms with Crippen molar-refractivity contribution in [1.29, 1.82) is 0 Å². The molecule has 0 aromatic heterocycles. The molecule has 0 heterocycles. The van der Waals surface area contributed by atoms with Crippen molar-refractivity contribution >= 4 is 6.21 Å². The van der Waals surface area contributed by atoms with Gasteiger partial charge in [-0.3, -0.25) is 0 Å². The Balaban J connectivity index is 3.12. The molecule has 1 aromatic rings. The first kappa shape index (κ1) is 7.40. The van der Waals surface area contributed by atoms with Gasteiger partial charge in [0.1, 0.15) is 11.5 Å². The molecule has 4 N–H and O–H groups in total. The fourth-order valence-corrected chi connectivity index (χ4v) is 0.726. The third kappa shape index (κ3) is 1.61. The summed E-state index contributed by atoms with van der Waals surface area (Å²) in [5.74, 6) is 4.96. The van der Waals surface area contributed by atoms with E-state index in [0.29, 0.717) is 5.56 Å². The van der Waals surface area contributed by atoms with Crippen LogP contribution < -0.4 is 5.84 Å². The zero-order chi connectivity index (χ0) is 8.27. The SMILES string of the molecule is NN=Cc1cc(O)ccc1O. The summed E-state index contributed by atoms with van der Waals surface area (Å²) in [4.78, 5) is 0. The molecule has 0 unspecified atom stereocenters. The fraction of sp³-hybridized carbons (Fsp3) is 0. The van der Waals surface area contributed by atoms with Crippen LogP contribution in [0.3, 0.4) is 0 Å². The summed E-state index contributed by atoms with van der Waals surface area (Å²) in [5.41, 5.74) is 0.396. The van der Waals surface area contributed by atoms with Gasteiger partial charge in [0.15, 0.2) is 0 Å². The van der Waals surface area contributed by atoms with E-state index in [1.165, 1.54) is 24.4 Å². The highest BCUT2D eigenvalue weighted by Gasteiger charge is 1.97. The molecule has 0 radical (unpaired) electrons. The average molecular weight is 152 g/mol. The maximum atomic E-state index is 9.11.